The topological polar surface area (TPSA) is 64.3 Å². The van der Waals surface area contributed by atoms with Gasteiger partial charge in [-0.2, -0.15) is 0 Å². The third-order valence-electron chi connectivity index (χ3n) is 3.95. The number of furan rings is 1. The zero-order valence-corrected chi connectivity index (χ0v) is 12.3. The predicted molar refractivity (Wildman–Crippen MR) is 79.0 cm³/mol. The van der Waals surface area contributed by atoms with Crippen LogP contribution >= 0.6 is 0 Å². The fourth-order valence-corrected chi connectivity index (χ4v) is 4.63. The highest BCUT2D eigenvalue weighted by atomic mass is 32.2. The van der Waals surface area contributed by atoms with Crippen LogP contribution in [0.1, 0.15) is 36.2 Å². The Labute approximate surface area is 123 Å². The minimum Gasteiger partial charge on any atom is -0.453 e. The average Bonchev–Trinajstić information content (AvgIpc) is 3.19. The Morgan fingerprint density at radius 3 is 2.24 bits per heavy atom. The van der Waals surface area contributed by atoms with Crippen LogP contribution in [0.4, 0.5) is 0 Å². The zero-order chi connectivity index (χ0) is 14.9. The van der Waals surface area contributed by atoms with E-state index in [0.29, 0.717) is 16.9 Å². The maximum atomic E-state index is 12.5. The molecule has 0 spiro atoms. The van der Waals surface area contributed by atoms with E-state index in [0.717, 1.165) is 31.2 Å². The van der Waals surface area contributed by atoms with Gasteiger partial charge in [0.15, 0.2) is 21.9 Å². The number of sulfone groups is 1. The van der Waals surface area contributed by atoms with Crippen molar-refractivity contribution in [2.24, 2.45) is 0 Å². The summed E-state index contributed by atoms with van der Waals surface area (Å²) in [5.74, 6) is 0.814. The van der Waals surface area contributed by atoms with Crippen molar-refractivity contribution < 1.29 is 17.6 Å². The Morgan fingerprint density at radius 1 is 1.00 bits per heavy atom. The summed E-state index contributed by atoms with van der Waals surface area (Å²) in [6.45, 7) is 0. The smallest absolute Gasteiger partial charge is 0.185 e. The molecule has 21 heavy (non-hydrogen) atoms. The first-order chi connectivity index (χ1) is 10.1. The molecular weight excluding hydrogens is 288 g/mol. The van der Waals surface area contributed by atoms with Crippen LogP contribution in [0.5, 0.6) is 0 Å². The molecule has 3 rings (SSSR count). The second-order valence-corrected chi connectivity index (χ2v) is 7.52. The van der Waals surface area contributed by atoms with Gasteiger partial charge in [0, 0.05) is 5.56 Å². The van der Waals surface area contributed by atoms with Gasteiger partial charge < -0.3 is 4.42 Å². The van der Waals surface area contributed by atoms with E-state index in [2.05, 4.69) is 0 Å². The fourth-order valence-electron chi connectivity index (χ4n) is 2.77. The highest BCUT2D eigenvalue weighted by Gasteiger charge is 2.30. The van der Waals surface area contributed by atoms with E-state index in [-0.39, 0.29) is 11.0 Å². The van der Waals surface area contributed by atoms with Gasteiger partial charge in [0.1, 0.15) is 5.76 Å². The van der Waals surface area contributed by atoms with E-state index in [1.807, 2.05) is 0 Å². The van der Waals surface area contributed by atoms with Crippen LogP contribution in [0.3, 0.4) is 0 Å². The van der Waals surface area contributed by atoms with Crippen molar-refractivity contribution in [3.05, 3.63) is 42.2 Å². The molecule has 4 nitrogen and oxygen atoms in total. The first kappa shape index (κ1) is 14.1. The van der Waals surface area contributed by atoms with Gasteiger partial charge in [0.2, 0.25) is 0 Å². The van der Waals surface area contributed by atoms with Gasteiger partial charge >= 0.3 is 0 Å². The zero-order valence-electron chi connectivity index (χ0n) is 11.5. The molecule has 5 heteroatoms. The average molecular weight is 304 g/mol. The van der Waals surface area contributed by atoms with Crippen molar-refractivity contribution in [2.45, 2.75) is 35.8 Å². The molecule has 0 radical (unpaired) electrons. The Hall–Kier alpha value is -1.88. The van der Waals surface area contributed by atoms with Gasteiger partial charge in [-0.05, 0) is 49.2 Å². The minimum atomic E-state index is -3.22. The third kappa shape index (κ3) is 2.65. The summed E-state index contributed by atoms with van der Waals surface area (Å²) in [6, 6.07) is 9.96. The van der Waals surface area contributed by atoms with Gasteiger partial charge in [0.05, 0.1) is 10.1 Å². The molecular formula is C16H16O4S. The summed E-state index contributed by atoms with van der Waals surface area (Å²) < 4.78 is 30.3. The maximum absolute atomic E-state index is 12.5. The lowest BCUT2D eigenvalue weighted by molar-refractivity contribution is 0.110. The van der Waals surface area contributed by atoms with E-state index < -0.39 is 9.84 Å². The second-order valence-electron chi connectivity index (χ2n) is 5.30. The van der Waals surface area contributed by atoms with Crippen LogP contribution < -0.4 is 0 Å². The van der Waals surface area contributed by atoms with Crippen molar-refractivity contribution >= 4 is 16.1 Å². The van der Waals surface area contributed by atoms with Crippen LogP contribution in [0.25, 0.3) is 11.3 Å². The standard InChI is InChI=1S/C16H16O4S/c17-11-13-7-10-16(20-13)12-5-8-15(9-6-12)21(18,19)14-3-1-2-4-14/h5-11,14H,1-4H2. The lowest BCUT2D eigenvalue weighted by atomic mass is 10.2. The molecule has 1 aliphatic carbocycles. The number of hydrogen-bond donors (Lipinski definition) is 0. The molecule has 0 aliphatic heterocycles. The molecule has 1 heterocycles. The summed E-state index contributed by atoms with van der Waals surface area (Å²) in [6.07, 6.45) is 4.13. The molecule has 2 aromatic rings. The highest BCUT2D eigenvalue weighted by Crippen LogP contribution is 2.31. The molecule has 0 N–H and O–H groups in total. The first-order valence-electron chi connectivity index (χ1n) is 7.00. The largest absolute Gasteiger partial charge is 0.453 e. The van der Waals surface area contributed by atoms with Crippen molar-refractivity contribution in [2.75, 3.05) is 0 Å². The normalized spacial score (nSPS) is 16.2. The van der Waals surface area contributed by atoms with Gasteiger partial charge in [-0.25, -0.2) is 8.42 Å². The number of hydrogen-bond acceptors (Lipinski definition) is 4. The summed E-state index contributed by atoms with van der Waals surface area (Å²) in [4.78, 5) is 11.0. The van der Waals surface area contributed by atoms with E-state index >= 15 is 0 Å². The molecule has 0 amide bonds. The summed E-state index contributed by atoms with van der Waals surface area (Å²) in [7, 11) is -3.22. The molecule has 0 atom stereocenters. The van der Waals surface area contributed by atoms with Crippen molar-refractivity contribution in [1.82, 2.24) is 0 Å². The number of rotatable bonds is 4. The Bertz CT molecular complexity index is 735. The molecule has 0 saturated heterocycles. The highest BCUT2D eigenvalue weighted by molar-refractivity contribution is 7.92. The van der Waals surface area contributed by atoms with E-state index in [1.165, 1.54) is 0 Å². The van der Waals surface area contributed by atoms with E-state index in [1.54, 1.807) is 36.4 Å². The van der Waals surface area contributed by atoms with Crippen molar-refractivity contribution in [3.63, 3.8) is 0 Å². The molecule has 1 aromatic heterocycles. The second kappa shape index (κ2) is 5.48. The molecule has 110 valence electrons. The Balaban J connectivity index is 1.88. The maximum Gasteiger partial charge on any atom is 0.185 e. The first-order valence-corrected chi connectivity index (χ1v) is 8.55. The SMILES string of the molecule is O=Cc1ccc(-c2ccc(S(=O)(=O)C3CCCC3)cc2)o1. The van der Waals surface area contributed by atoms with Crippen LogP contribution in [-0.4, -0.2) is 20.0 Å². The molecule has 1 saturated carbocycles. The summed E-state index contributed by atoms with van der Waals surface area (Å²) >= 11 is 0. The Kier molecular flexibility index (Phi) is 3.68. The van der Waals surface area contributed by atoms with E-state index in [9.17, 15) is 13.2 Å². The van der Waals surface area contributed by atoms with Crippen LogP contribution in [-0.2, 0) is 9.84 Å². The van der Waals surface area contributed by atoms with Gasteiger partial charge in [-0.1, -0.05) is 12.8 Å². The van der Waals surface area contributed by atoms with Gasteiger partial charge in [0.25, 0.3) is 0 Å². The van der Waals surface area contributed by atoms with Crippen LogP contribution in [0, 0.1) is 0 Å². The minimum absolute atomic E-state index is 0.242. The predicted octanol–water partition coefficient (Wildman–Crippen LogP) is 3.48. The van der Waals surface area contributed by atoms with Crippen LogP contribution in [0.15, 0.2) is 45.7 Å². The summed E-state index contributed by atoms with van der Waals surface area (Å²) in [5, 5.41) is -0.242. The van der Waals surface area contributed by atoms with Crippen LogP contribution in [0.2, 0.25) is 0 Å². The number of aldehydes is 1. The van der Waals surface area contributed by atoms with Crippen molar-refractivity contribution in [1.29, 1.82) is 0 Å². The third-order valence-corrected chi connectivity index (χ3v) is 6.23. The number of carbonyl (C=O) groups excluding carboxylic acids is 1. The lowest BCUT2D eigenvalue weighted by Crippen LogP contribution is -2.17. The summed E-state index contributed by atoms with van der Waals surface area (Å²) in [5.41, 5.74) is 0.758. The number of carbonyl (C=O) groups is 1. The Morgan fingerprint density at radius 2 is 1.67 bits per heavy atom. The fraction of sp³-hybridized carbons (Fsp3) is 0.312. The lowest BCUT2D eigenvalue weighted by Gasteiger charge is -2.11. The molecule has 1 aromatic carbocycles. The quantitative estimate of drug-likeness (QED) is 0.811. The molecule has 1 fully saturated rings. The number of benzene rings is 1. The molecule has 1 aliphatic rings. The molecule has 0 unspecified atom stereocenters. The molecule has 0 bridgehead atoms. The monoisotopic (exact) mass is 304 g/mol. The van der Waals surface area contributed by atoms with Gasteiger partial charge in [-0.15, -0.1) is 0 Å². The van der Waals surface area contributed by atoms with Crippen molar-refractivity contribution in [3.8, 4) is 11.3 Å². The van der Waals surface area contributed by atoms with Gasteiger partial charge in [-0.3, -0.25) is 4.79 Å². The van der Waals surface area contributed by atoms with E-state index in [4.69, 9.17) is 4.42 Å².